The van der Waals surface area contributed by atoms with Gasteiger partial charge >= 0.3 is 0 Å². The van der Waals surface area contributed by atoms with Crippen LogP contribution in [0.5, 0.6) is 5.75 Å². The largest absolute Gasteiger partial charge is 0.488 e. The van der Waals surface area contributed by atoms with E-state index in [1.54, 1.807) is 0 Å². The Morgan fingerprint density at radius 2 is 2.23 bits per heavy atom. The van der Waals surface area contributed by atoms with Crippen molar-refractivity contribution in [3.05, 3.63) is 24.3 Å². The van der Waals surface area contributed by atoms with Gasteiger partial charge in [0, 0.05) is 6.42 Å². The summed E-state index contributed by atoms with van der Waals surface area (Å²) in [7, 11) is 0. The fourth-order valence-electron chi connectivity index (χ4n) is 1.39. The second-order valence-corrected chi connectivity index (χ2v) is 3.67. The van der Waals surface area contributed by atoms with E-state index in [0.717, 1.165) is 22.8 Å². The van der Waals surface area contributed by atoms with Crippen LogP contribution in [0, 0.1) is 0 Å². The van der Waals surface area contributed by atoms with Crippen molar-refractivity contribution in [3.63, 3.8) is 0 Å². The molecule has 1 atom stereocenters. The molecule has 1 aliphatic heterocycles. The molecule has 0 amide bonds. The van der Waals surface area contributed by atoms with Crippen molar-refractivity contribution in [2.45, 2.75) is 19.4 Å². The summed E-state index contributed by atoms with van der Waals surface area (Å²) in [5, 5.41) is 3.16. The maximum atomic E-state index is 5.68. The van der Waals surface area contributed by atoms with Crippen LogP contribution in [0.25, 0.3) is 0 Å². The number of hydrogen-bond donors (Lipinski definition) is 1. The van der Waals surface area contributed by atoms with Gasteiger partial charge in [-0.2, -0.15) is 0 Å². The Morgan fingerprint density at radius 3 is 3.08 bits per heavy atom. The minimum atomic E-state index is 0.156. The molecule has 0 saturated carbocycles. The van der Waals surface area contributed by atoms with Gasteiger partial charge in [0.05, 0.1) is 10.7 Å². The van der Waals surface area contributed by atoms with Gasteiger partial charge in [-0.3, -0.25) is 0 Å². The average molecular weight is 193 g/mol. The summed E-state index contributed by atoms with van der Waals surface area (Å²) in [5.41, 5.74) is 0.969. The van der Waals surface area contributed by atoms with Gasteiger partial charge in [-0.05, 0) is 19.1 Å². The predicted molar refractivity (Wildman–Crippen MR) is 57.4 cm³/mol. The number of hydrogen-bond acceptors (Lipinski definition) is 2. The summed E-state index contributed by atoms with van der Waals surface area (Å²) in [4.78, 5) is 0.845. The highest BCUT2D eigenvalue weighted by atomic mass is 32.1. The van der Waals surface area contributed by atoms with Crippen LogP contribution < -0.4 is 10.1 Å². The number of nitrogens with one attached hydrogen (secondary N) is 1. The molecule has 3 heteroatoms. The van der Waals surface area contributed by atoms with Crippen LogP contribution in [-0.2, 0) is 0 Å². The molecular formula is C10H11NOS. The van der Waals surface area contributed by atoms with Gasteiger partial charge in [0.15, 0.2) is 0 Å². The van der Waals surface area contributed by atoms with Crippen molar-refractivity contribution in [3.8, 4) is 5.75 Å². The van der Waals surface area contributed by atoms with Gasteiger partial charge in [0.25, 0.3) is 0 Å². The van der Waals surface area contributed by atoms with E-state index in [0.29, 0.717) is 0 Å². The Labute approximate surface area is 82.9 Å². The van der Waals surface area contributed by atoms with Crippen molar-refractivity contribution in [2.75, 3.05) is 5.32 Å². The molecule has 0 bridgehead atoms. The monoisotopic (exact) mass is 193 g/mol. The summed E-state index contributed by atoms with van der Waals surface area (Å²) >= 11 is 5.15. The first-order valence-corrected chi connectivity index (χ1v) is 4.72. The molecule has 2 rings (SSSR count). The number of thiocarbonyl (C=S) groups is 1. The zero-order valence-corrected chi connectivity index (χ0v) is 8.23. The Balaban J connectivity index is 2.38. The third kappa shape index (κ3) is 1.80. The van der Waals surface area contributed by atoms with Crippen LogP contribution in [0.2, 0.25) is 0 Å². The normalized spacial score (nSPS) is 21.0. The fraction of sp³-hybridized carbons (Fsp3) is 0.300. The molecular weight excluding hydrogens is 182 g/mol. The highest BCUT2D eigenvalue weighted by Crippen LogP contribution is 2.28. The Bertz CT molecular complexity index is 337. The molecule has 1 aromatic carbocycles. The molecule has 0 spiro atoms. The molecule has 1 aliphatic rings. The van der Waals surface area contributed by atoms with Gasteiger partial charge in [0.2, 0.25) is 0 Å². The van der Waals surface area contributed by atoms with E-state index < -0.39 is 0 Å². The highest BCUT2D eigenvalue weighted by Gasteiger charge is 2.15. The molecule has 1 aromatic rings. The Kier molecular flexibility index (Phi) is 2.19. The molecule has 0 fully saturated rings. The Morgan fingerprint density at radius 1 is 1.46 bits per heavy atom. The summed E-state index contributed by atoms with van der Waals surface area (Å²) in [6, 6.07) is 7.85. The molecule has 1 heterocycles. The molecule has 0 aromatic heterocycles. The van der Waals surface area contributed by atoms with Crippen molar-refractivity contribution in [1.29, 1.82) is 0 Å². The average Bonchev–Trinajstić information content (AvgIpc) is 2.20. The summed E-state index contributed by atoms with van der Waals surface area (Å²) in [6.45, 7) is 2.02. The summed E-state index contributed by atoms with van der Waals surface area (Å²) in [6.07, 6.45) is 0.938. The van der Waals surface area contributed by atoms with Crippen molar-refractivity contribution >= 4 is 22.9 Å². The van der Waals surface area contributed by atoms with E-state index in [2.05, 4.69) is 5.32 Å². The first-order chi connectivity index (χ1) is 6.25. The standard InChI is InChI=1S/C10H11NOS/c1-7-6-10(13)11-8-4-2-3-5-9(8)12-7/h2-5,7H,6H2,1H3,(H,11,13)/t7-/m1/s1. The summed E-state index contributed by atoms with van der Waals surface area (Å²) in [5.74, 6) is 0.884. The molecule has 1 N–H and O–H groups in total. The second kappa shape index (κ2) is 3.34. The fourth-order valence-corrected chi connectivity index (χ4v) is 1.74. The maximum absolute atomic E-state index is 5.68. The zero-order chi connectivity index (χ0) is 9.26. The first-order valence-electron chi connectivity index (χ1n) is 4.31. The van der Waals surface area contributed by atoms with E-state index in [1.807, 2.05) is 31.2 Å². The smallest absolute Gasteiger partial charge is 0.143 e. The van der Waals surface area contributed by atoms with Crippen molar-refractivity contribution < 1.29 is 4.74 Å². The minimum absolute atomic E-state index is 0.156. The number of fused-ring (bicyclic) bond motifs is 1. The van der Waals surface area contributed by atoms with Crippen LogP contribution in [0.15, 0.2) is 24.3 Å². The third-order valence-corrected chi connectivity index (χ3v) is 2.23. The third-order valence-electron chi connectivity index (χ3n) is 1.96. The van der Waals surface area contributed by atoms with Crippen LogP contribution in [0.1, 0.15) is 13.3 Å². The van der Waals surface area contributed by atoms with Crippen molar-refractivity contribution in [1.82, 2.24) is 0 Å². The van der Waals surface area contributed by atoms with E-state index in [1.165, 1.54) is 0 Å². The highest BCUT2D eigenvalue weighted by molar-refractivity contribution is 7.80. The lowest BCUT2D eigenvalue weighted by atomic mass is 10.3. The van der Waals surface area contributed by atoms with Gasteiger partial charge in [-0.1, -0.05) is 24.4 Å². The van der Waals surface area contributed by atoms with E-state index in [-0.39, 0.29) is 6.10 Å². The zero-order valence-electron chi connectivity index (χ0n) is 7.41. The second-order valence-electron chi connectivity index (χ2n) is 3.18. The van der Waals surface area contributed by atoms with Crippen LogP contribution >= 0.6 is 12.2 Å². The molecule has 2 nitrogen and oxygen atoms in total. The van der Waals surface area contributed by atoms with E-state index in [4.69, 9.17) is 17.0 Å². The van der Waals surface area contributed by atoms with Gasteiger partial charge in [0.1, 0.15) is 11.9 Å². The van der Waals surface area contributed by atoms with Crippen LogP contribution in [0.3, 0.4) is 0 Å². The molecule has 13 heavy (non-hydrogen) atoms. The lowest BCUT2D eigenvalue weighted by Crippen LogP contribution is -2.15. The SMILES string of the molecule is C[C@@H]1CC(=S)Nc2ccccc2O1. The Hall–Kier alpha value is -1.09. The minimum Gasteiger partial charge on any atom is -0.488 e. The van der Waals surface area contributed by atoms with E-state index in [9.17, 15) is 0 Å². The maximum Gasteiger partial charge on any atom is 0.143 e. The van der Waals surface area contributed by atoms with E-state index >= 15 is 0 Å². The van der Waals surface area contributed by atoms with Crippen molar-refractivity contribution in [2.24, 2.45) is 0 Å². The van der Waals surface area contributed by atoms with Gasteiger partial charge in [-0.25, -0.2) is 0 Å². The molecule has 0 radical (unpaired) electrons. The molecule has 68 valence electrons. The molecule has 0 unspecified atom stereocenters. The molecule has 0 saturated heterocycles. The predicted octanol–water partition coefficient (Wildman–Crippen LogP) is 2.60. The van der Waals surface area contributed by atoms with Gasteiger partial charge in [-0.15, -0.1) is 0 Å². The van der Waals surface area contributed by atoms with Gasteiger partial charge < -0.3 is 10.1 Å². The lowest BCUT2D eigenvalue weighted by Gasteiger charge is -2.10. The topological polar surface area (TPSA) is 21.3 Å². The number of rotatable bonds is 0. The number of benzene rings is 1. The molecule has 0 aliphatic carbocycles. The lowest BCUT2D eigenvalue weighted by molar-refractivity contribution is 0.234. The number of ether oxygens (including phenoxy) is 1. The quantitative estimate of drug-likeness (QED) is 0.640. The van der Waals surface area contributed by atoms with Crippen LogP contribution in [0.4, 0.5) is 5.69 Å². The number of anilines is 1. The number of para-hydroxylation sites is 2. The summed E-state index contributed by atoms with van der Waals surface area (Å²) < 4.78 is 5.68. The van der Waals surface area contributed by atoms with Crippen LogP contribution in [-0.4, -0.2) is 11.1 Å². The first kappa shape index (κ1) is 8.51.